The van der Waals surface area contributed by atoms with Crippen molar-refractivity contribution in [3.8, 4) is 0 Å². The third kappa shape index (κ3) is 4.22. The van der Waals surface area contributed by atoms with Crippen LogP contribution in [-0.2, 0) is 6.54 Å². The summed E-state index contributed by atoms with van der Waals surface area (Å²) in [5, 5.41) is 3.59. The Bertz CT molecular complexity index is 437. The molecular formula is C16H25BrN2. The molecule has 1 heterocycles. The fourth-order valence-electron chi connectivity index (χ4n) is 2.50. The summed E-state index contributed by atoms with van der Waals surface area (Å²) in [5.74, 6) is 0.808. The maximum Gasteiger partial charge on any atom is 0.0423 e. The van der Waals surface area contributed by atoms with Crippen LogP contribution in [-0.4, -0.2) is 18.6 Å². The molecule has 1 aliphatic rings. The Labute approximate surface area is 125 Å². The molecule has 0 spiro atoms. The van der Waals surface area contributed by atoms with E-state index in [1.54, 1.807) is 0 Å². The van der Waals surface area contributed by atoms with E-state index in [1.165, 1.54) is 35.2 Å². The summed E-state index contributed by atoms with van der Waals surface area (Å²) in [7, 11) is 0. The smallest absolute Gasteiger partial charge is 0.0423 e. The third-order valence-corrected chi connectivity index (χ3v) is 4.11. The molecule has 0 amide bonds. The zero-order valence-electron chi connectivity index (χ0n) is 12.5. The summed E-state index contributed by atoms with van der Waals surface area (Å²) in [4.78, 5) is 2.52. The van der Waals surface area contributed by atoms with Gasteiger partial charge in [-0.25, -0.2) is 0 Å². The molecule has 0 radical (unpaired) electrons. The average Bonchev–Trinajstić information content (AvgIpc) is 2.73. The van der Waals surface area contributed by atoms with E-state index < -0.39 is 0 Å². The van der Waals surface area contributed by atoms with Crippen molar-refractivity contribution in [3.05, 3.63) is 28.2 Å². The van der Waals surface area contributed by atoms with Gasteiger partial charge in [-0.15, -0.1) is 0 Å². The van der Waals surface area contributed by atoms with E-state index in [-0.39, 0.29) is 5.54 Å². The van der Waals surface area contributed by atoms with E-state index in [0.717, 1.165) is 12.5 Å². The van der Waals surface area contributed by atoms with Gasteiger partial charge in [0.25, 0.3) is 0 Å². The molecule has 1 fully saturated rings. The topological polar surface area (TPSA) is 15.3 Å². The molecule has 0 aromatic heterocycles. The maximum atomic E-state index is 3.60. The second kappa shape index (κ2) is 5.84. The van der Waals surface area contributed by atoms with Gasteiger partial charge in [-0.05, 0) is 50.8 Å². The largest absolute Gasteiger partial charge is 0.371 e. The van der Waals surface area contributed by atoms with Gasteiger partial charge in [0.15, 0.2) is 0 Å². The highest BCUT2D eigenvalue weighted by molar-refractivity contribution is 9.10. The molecule has 3 heteroatoms. The van der Waals surface area contributed by atoms with Crippen LogP contribution in [0.3, 0.4) is 0 Å². The van der Waals surface area contributed by atoms with Gasteiger partial charge in [-0.1, -0.05) is 28.9 Å². The number of halogens is 1. The number of nitrogens with zero attached hydrogens (tertiary/aromatic N) is 1. The molecule has 0 aliphatic carbocycles. The van der Waals surface area contributed by atoms with Crippen molar-refractivity contribution in [3.63, 3.8) is 0 Å². The van der Waals surface area contributed by atoms with Crippen LogP contribution in [0.1, 0.15) is 39.7 Å². The van der Waals surface area contributed by atoms with Crippen LogP contribution < -0.4 is 10.2 Å². The van der Waals surface area contributed by atoms with E-state index >= 15 is 0 Å². The second-order valence-corrected chi connectivity index (χ2v) is 7.63. The first kappa shape index (κ1) is 14.9. The Hall–Kier alpha value is -0.540. The third-order valence-electron chi connectivity index (χ3n) is 3.62. The summed E-state index contributed by atoms with van der Waals surface area (Å²) >= 11 is 3.60. The summed E-state index contributed by atoms with van der Waals surface area (Å²) in [6.07, 6.45) is 1.30. The van der Waals surface area contributed by atoms with Crippen LogP contribution in [0.15, 0.2) is 22.7 Å². The lowest BCUT2D eigenvalue weighted by atomic mass is 10.1. The molecule has 1 aromatic rings. The molecule has 1 atom stereocenters. The number of anilines is 1. The predicted octanol–water partition coefficient (Wildman–Crippen LogP) is 4.18. The highest BCUT2D eigenvalue weighted by Crippen LogP contribution is 2.30. The highest BCUT2D eigenvalue weighted by atomic mass is 79.9. The molecule has 1 saturated heterocycles. The van der Waals surface area contributed by atoms with E-state index in [1.807, 2.05) is 0 Å². The van der Waals surface area contributed by atoms with Gasteiger partial charge < -0.3 is 10.2 Å². The van der Waals surface area contributed by atoms with E-state index in [2.05, 4.69) is 72.0 Å². The monoisotopic (exact) mass is 324 g/mol. The van der Waals surface area contributed by atoms with E-state index in [4.69, 9.17) is 0 Å². The number of rotatable bonds is 3. The Balaban J connectivity index is 2.18. The van der Waals surface area contributed by atoms with Gasteiger partial charge >= 0.3 is 0 Å². The van der Waals surface area contributed by atoms with Crippen LogP contribution >= 0.6 is 15.9 Å². The fraction of sp³-hybridized carbons (Fsp3) is 0.625. The highest BCUT2D eigenvalue weighted by Gasteiger charge is 2.21. The van der Waals surface area contributed by atoms with Crippen molar-refractivity contribution in [2.75, 3.05) is 18.0 Å². The van der Waals surface area contributed by atoms with Crippen LogP contribution in [0.2, 0.25) is 0 Å². The number of hydrogen-bond acceptors (Lipinski definition) is 2. The molecule has 1 aliphatic heterocycles. The van der Waals surface area contributed by atoms with Crippen molar-refractivity contribution in [1.82, 2.24) is 5.32 Å². The van der Waals surface area contributed by atoms with Crippen LogP contribution in [0.5, 0.6) is 0 Å². The first-order valence-corrected chi connectivity index (χ1v) is 7.93. The zero-order chi connectivity index (χ0) is 14.0. The van der Waals surface area contributed by atoms with Crippen molar-refractivity contribution < 1.29 is 0 Å². The predicted molar refractivity (Wildman–Crippen MR) is 86.7 cm³/mol. The first-order chi connectivity index (χ1) is 8.85. The van der Waals surface area contributed by atoms with E-state index in [0.29, 0.717) is 0 Å². The van der Waals surface area contributed by atoms with Gasteiger partial charge in [0.1, 0.15) is 0 Å². The minimum atomic E-state index is 0.155. The van der Waals surface area contributed by atoms with E-state index in [9.17, 15) is 0 Å². The maximum absolute atomic E-state index is 3.60. The number of hydrogen-bond donors (Lipinski definition) is 1. The molecule has 1 N–H and O–H groups in total. The van der Waals surface area contributed by atoms with Crippen LogP contribution in [0.25, 0.3) is 0 Å². The van der Waals surface area contributed by atoms with Crippen LogP contribution in [0.4, 0.5) is 5.69 Å². The van der Waals surface area contributed by atoms with Crippen molar-refractivity contribution in [2.24, 2.45) is 5.92 Å². The molecular weight excluding hydrogens is 300 g/mol. The molecule has 2 rings (SSSR count). The molecule has 1 aromatic carbocycles. The first-order valence-electron chi connectivity index (χ1n) is 7.13. The molecule has 0 saturated carbocycles. The van der Waals surface area contributed by atoms with Crippen LogP contribution in [0, 0.1) is 5.92 Å². The Morgan fingerprint density at radius 1 is 1.37 bits per heavy atom. The zero-order valence-corrected chi connectivity index (χ0v) is 14.0. The minimum absolute atomic E-state index is 0.155. The van der Waals surface area contributed by atoms with Gasteiger partial charge in [0, 0.05) is 35.3 Å². The number of nitrogens with one attached hydrogen (secondary N) is 1. The fourth-order valence-corrected chi connectivity index (χ4v) is 2.84. The summed E-state index contributed by atoms with van der Waals surface area (Å²) in [5.41, 5.74) is 2.94. The SMILES string of the molecule is CC1CCN(c2cc(Br)ccc2CNC(C)(C)C)C1. The molecule has 19 heavy (non-hydrogen) atoms. The second-order valence-electron chi connectivity index (χ2n) is 6.72. The van der Waals surface area contributed by atoms with Crippen molar-refractivity contribution in [1.29, 1.82) is 0 Å². The normalized spacial score (nSPS) is 20.1. The molecule has 1 unspecified atom stereocenters. The lowest BCUT2D eigenvalue weighted by Gasteiger charge is -2.25. The standard InChI is InChI=1S/C16H25BrN2/c1-12-7-8-19(11-12)15-9-14(17)6-5-13(15)10-18-16(2,3)4/h5-6,9,12,18H,7-8,10-11H2,1-4H3. The van der Waals surface area contributed by atoms with Crippen molar-refractivity contribution in [2.45, 2.75) is 46.2 Å². The molecule has 2 nitrogen and oxygen atoms in total. The lowest BCUT2D eigenvalue weighted by Crippen LogP contribution is -2.35. The minimum Gasteiger partial charge on any atom is -0.371 e. The Morgan fingerprint density at radius 2 is 2.11 bits per heavy atom. The van der Waals surface area contributed by atoms with Crippen molar-refractivity contribution >= 4 is 21.6 Å². The van der Waals surface area contributed by atoms with Gasteiger partial charge in [-0.2, -0.15) is 0 Å². The quantitative estimate of drug-likeness (QED) is 0.897. The Morgan fingerprint density at radius 3 is 2.68 bits per heavy atom. The summed E-state index contributed by atoms with van der Waals surface area (Å²) in [6.45, 7) is 12.3. The summed E-state index contributed by atoms with van der Waals surface area (Å²) < 4.78 is 1.17. The molecule has 0 bridgehead atoms. The van der Waals surface area contributed by atoms with Gasteiger partial charge in [0.2, 0.25) is 0 Å². The van der Waals surface area contributed by atoms with Gasteiger partial charge in [0.05, 0.1) is 0 Å². The Kier molecular flexibility index (Phi) is 4.57. The summed E-state index contributed by atoms with van der Waals surface area (Å²) in [6, 6.07) is 6.64. The number of benzene rings is 1. The lowest BCUT2D eigenvalue weighted by molar-refractivity contribution is 0.424. The average molecular weight is 325 g/mol. The molecule has 106 valence electrons. The van der Waals surface area contributed by atoms with Gasteiger partial charge in [-0.3, -0.25) is 0 Å².